The van der Waals surface area contributed by atoms with Gasteiger partial charge in [-0.3, -0.25) is 9.69 Å². The van der Waals surface area contributed by atoms with Gasteiger partial charge in [0.05, 0.1) is 7.11 Å². The van der Waals surface area contributed by atoms with Crippen molar-refractivity contribution in [3.8, 4) is 5.75 Å². The lowest BCUT2D eigenvalue weighted by Crippen LogP contribution is -2.49. The van der Waals surface area contributed by atoms with E-state index in [1.165, 1.54) is 0 Å². The summed E-state index contributed by atoms with van der Waals surface area (Å²) in [6.45, 7) is 3.60. The van der Waals surface area contributed by atoms with Gasteiger partial charge in [0.15, 0.2) is 0 Å². The van der Waals surface area contributed by atoms with Crippen molar-refractivity contribution in [2.24, 2.45) is 5.73 Å². The Labute approximate surface area is 113 Å². The normalized spacial score (nSPS) is 19.1. The molecule has 19 heavy (non-hydrogen) atoms. The van der Waals surface area contributed by atoms with E-state index >= 15 is 0 Å². The van der Waals surface area contributed by atoms with Crippen LogP contribution in [0, 0.1) is 0 Å². The van der Waals surface area contributed by atoms with Crippen LogP contribution in [-0.2, 0) is 4.79 Å². The molecule has 5 heteroatoms. The molecule has 1 fully saturated rings. The summed E-state index contributed by atoms with van der Waals surface area (Å²) >= 11 is 0. The van der Waals surface area contributed by atoms with Crippen molar-refractivity contribution in [1.29, 1.82) is 0 Å². The third kappa shape index (κ3) is 3.24. The van der Waals surface area contributed by atoms with Gasteiger partial charge in [0, 0.05) is 26.2 Å². The summed E-state index contributed by atoms with van der Waals surface area (Å²) in [5.41, 5.74) is 6.49. The summed E-state index contributed by atoms with van der Waals surface area (Å²) in [5.74, 6) is 0.440. The van der Waals surface area contributed by atoms with Gasteiger partial charge in [-0.05, 0) is 24.7 Å². The monoisotopic (exact) mass is 263 g/mol. The Morgan fingerprint density at radius 1 is 1.32 bits per heavy atom. The largest absolute Gasteiger partial charge is 0.497 e. The fraction of sp³-hybridized carbons (Fsp3) is 0.500. The molecule has 1 aliphatic heterocycles. The summed E-state index contributed by atoms with van der Waals surface area (Å²) in [5, 5.41) is 0. The molecule has 1 heterocycles. The lowest BCUT2D eigenvalue weighted by atomic mass is 10.0. The molecule has 0 spiro atoms. The number of benzene rings is 1. The summed E-state index contributed by atoms with van der Waals surface area (Å²) in [4.78, 5) is 16.2. The van der Waals surface area contributed by atoms with E-state index in [2.05, 4.69) is 16.8 Å². The first-order valence-corrected chi connectivity index (χ1v) is 6.47. The van der Waals surface area contributed by atoms with E-state index in [-0.39, 0.29) is 11.9 Å². The summed E-state index contributed by atoms with van der Waals surface area (Å²) in [6.07, 6.45) is 0. The van der Waals surface area contributed by atoms with Crippen LogP contribution in [-0.4, -0.2) is 56.0 Å². The number of nitrogens with two attached hydrogens (primary N) is 1. The van der Waals surface area contributed by atoms with E-state index in [4.69, 9.17) is 10.5 Å². The third-order valence-electron chi connectivity index (χ3n) is 3.58. The van der Waals surface area contributed by atoms with Crippen LogP contribution >= 0.6 is 0 Å². The number of methoxy groups -OCH3 is 1. The van der Waals surface area contributed by atoms with E-state index in [1.807, 2.05) is 24.3 Å². The highest BCUT2D eigenvalue weighted by molar-refractivity contribution is 5.81. The number of carbonyl (C=O) groups is 1. The molecule has 1 aliphatic rings. The summed E-state index contributed by atoms with van der Waals surface area (Å²) in [7, 11) is 3.70. The molecule has 1 amide bonds. The molecule has 1 unspecified atom stereocenters. The van der Waals surface area contributed by atoms with Gasteiger partial charge in [-0.1, -0.05) is 12.1 Å². The van der Waals surface area contributed by atoms with Gasteiger partial charge in [0.2, 0.25) is 5.91 Å². The van der Waals surface area contributed by atoms with Crippen molar-refractivity contribution in [1.82, 2.24) is 9.80 Å². The molecule has 1 aromatic carbocycles. The lowest BCUT2D eigenvalue weighted by molar-refractivity contribution is -0.124. The molecule has 2 rings (SSSR count). The first-order valence-electron chi connectivity index (χ1n) is 6.47. The topological polar surface area (TPSA) is 58.8 Å². The first kappa shape index (κ1) is 13.8. The number of rotatable bonds is 4. The van der Waals surface area contributed by atoms with Crippen LogP contribution in [0.15, 0.2) is 24.3 Å². The van der Waals surface area contributed by atoms with Crippen LogP contribution in [0.4, 0.5) is 0 Å². The molecule has 0 radical (unpaired) electrons. The van der Waals surface area contributed by atoms with Crippen molar-refractivity contribution in [2.75, 3.05) is 40.3 Å². The van der Waals surface area contributed by atoms with Gasteiger partial charge in [0.25, 0.3) is 0 Å². The van der Waals surface area contributed by atoms with Gasteiger partial charge >= 0.3 is 0 Å². The zero-order chi connectivity index (χ0) is 13.8. The molecule has 1 aromatic rings. The highest BCUT2D eigenvalue weighted by atomic mass is 16.5. The number of nitrogens with zero attached hydrogens (tertiary/aromatic N) is 2. The van der Waals surface area contributed by atoms with Crippen molar-refractivity contribution in [3.05, 3.63) is 29.8 Å². The highest BCUT2D eigenvalue weighted by Crippen LogP contribution is 2.25. The van der Waals surface area contributed by atoms with Crippen LogP contribution in [0.25, 0.3) is 0 Å². The van der Waals surface area contributed by atoms with Gasteiger partial charge in [-0.15, -0.1) is 0 Å². The molecule has 104 valence electrons. The maximum Gasteiger partial charge on any atom is 0.239 e. The summed E-state index contributed by atoms with van der Waals surface area (Å²) in [6, 6.07) is 7.19. The molecule has 1 atom stereocenters. The maximum absolute atomic E-state index is 11.8. The summed E-state index contributed by atoms with van der Waals surface area (Å²) < 4.78 is 5.21. The Morgan fingerprint density at radius 3 is 2.58 bits per heavy atom. The van der Waals surface area contributed by atoms with Gasteiger partial charge < -0.3 is 15.4 Å². The molecule has 0 bridgehead atoms. The predicted octanol–water partition coefficient (Wildman–Crippen LogP) is 0.469. The number of hydrogen-bond donors (Lipinski definition) is 1. The van der Waals surface area contributed by atoms with Crippen molar-refractivity contribution < 1.29 is 9.53 Å². The van der Waals surface area contributed by atoms with Crippen LogP contribution in [0.1, 0.15) is 11.6 Å². The van der Waals surface area contributed by atoms with Crippen molar-refractivity contribution >= 4 is 5.91 Å². The molecule has 5 nitrogen and oxygen atoms in total. The third-order valence-corrected chi connectivity index (χ3v) is 3.58. The minimum absolute atomic E-state index is 0.308. The second-order valence-electron chi connectivity index (χ2n) is 4.92. The molecular formula is C14H21N3O2. The number of piperazine rings is 1. The zero-order valence-electron chi connectivity index (χ0n) is 11.5. The second-order valence-corrected chi connectivity index (χ2v) is 4.92. The van der Waals surface area contributed by atoms with Gasteiger partial charge in [-0.2, -0.15) is 0 Å². The second kappa shape index (κ2) is 6.04. The van der Waals surface area contributed by atoms with E-state index < -0.39 is 0 Å². The van der Waals surface area contributed by atoms with Crippen LogP contribution in [0.5, 0.6) is 5.75 Å². The van der Waals surface area contributed by atoms with Crippen LogP contribution in [0.3, 0.4) is 0 Å². The SMILES string of the molecule is COc1cccc(C(C(N)=O)N2CCN(C)CC2)c1. The van der Waals surface area contributed by atoms with Gasteiger partial charge in [0.1, 0.15) is 11.8 Å². The Kier molecular flexibility index (Phi) is 4.39. The van der Waals surface area contributed by atoms with E-state index in [1.54, 1.807) is 7.11 Å². The first-order chi connectivity index (χ1) is 9.11. The number of primary amides is 1. The van der Waals surface area contributed by atoms with Crippen LogP contribution < -0.4 is 10.5 Å². The average Bonchev–Trinajstić information content (AvgIpc) is 2.41. The number of hydrogen-bond acceptors (Lipinski definition) is 4. The predicted molar refractivity (Wildman–Crippen MR) is 74.0 cm³/mol. The van der Waals surface area contributed by atoms with E-state index in [9.17, 15) is 4.79 Å². The molecular weight excluding hydrogens is 242 g/mol. The standard InChI is InChI=1S/C14H21N3O2/c1-16-6-8-17(9-7-16)13(14(15)18)11-4-3-5-12(10-11)19-2/h3-5,10,13H,6-9H2,1-2H3,(H2,15,18). The minimum atomic E-state index is -0.371. The smallest absolute Gasteiger partial charge is 0.239 e. The van der Waals surface area contributed by atoms with E-state index in [0.29, 0.717) is 0 Å². The Morgan fingerprint density at radius 2 is 2.00 bits per heavy atom. The van der Waals surface area contributed by atoms with Crippen molar-refractivity contribution in [2.45, 2.75) is 6.04 Å². The zero-order valence-corrected chi connectivity index (χ0v) is 11.5. The average molecular weight is 263 g/mol. The Balaban J connectivity index is 2.22. The quantitative estimate of drug-likeness (QED) is 0.858. The molecule has 0 saturated carbocycles. The molecule has 0 aliphatic carbocycles. The van der Waals surface area contributed by atoms with Crippen molar-refractivity contribution in [3.63, 3.8) is 0 Å². The minimum Gasteiger partial charge on any atom is -0.497 e. The van der Waals surface area contributed by atoms with Crippen LogP contribution in [0.2, 0.25) is 0 Å². The fourth-order valence-electron chi connectivity index (χ4n) is 2.45. The highest BCUT2D eigenvalue weighted by Gasteiger charge is 2.28. The fourth-order valence-corrected chi connectivity index (χ4v) is 2.45. The molecule has 0 aromatic heterocycles. The lowest BCUT2D eigenvalue weighted by Gasteiger charge is -2.36. The Hall–Kier alpha value is -1.59. The molecule has 2 N–H and O–H groups in total. The molecule has 1 saturated heterocycles. The van der Waals surface area contributed by atoms with E-state index in [0.717, 1.165) is 37.5 Å². The number of amides is 1. The number of carbonyl (C=O) groups excluding carboxylic acids is 1. The number of likely N-dealkylation sites (N-methyl/N-ethyl adjacent to an activating group) is 1. The maximum atomic E-state index is 11.8. The van der Waals surface area contributed by atoms with Gasteiger partial charge in [-0.25, -0.2) is 0 Å². The number of ether oxygens (including phenoxy) is 1. The Bertz CT molecular complexity index is 442.